The summed E-state index contributed by atoms with van der Waals surface area (Å²) in [6.45, 7) is 23.3. The number of likely N-dealkylation sites (N-methyl/N-ethyl adjacent to an activating group) is 2. The largest absolute Gasteiger partial charge is 0.497 e. The second-order valence-corrected chi connectivity index (χ2v) is 43.6. The molecule has 0 saturated carbocycles. The number of carbonyl (C=O) groups excluding carboxylic acids is 2. The Bertz CT molecular complexity index is 6130. The van der Waals surface area contributed by atoms with Crippen LogP contribution in [0, 0.1) is 23.2 Å². The number of ether oxygens (including phenoxy) is 11. The van der Waals surface area contributed by atoms with Crippen LogP contribution in [0.2, 0.25) is 0 Å². The molecule has 0 radical (unpaired) electrons. The Morgan fingerprint density at radius 2 is 0.883 bits per heavy atom. The number of nitrogens with one attached hydrogen (secondary N) is 4. The van der Waals surface area contributed by atoms with Crippen molar-refractivity contribution >= 4 is 131 Å². The molecule has 0 aliphatic carbocycles. The SMILES string of the molecule is CC(C)C(=O)Nc1nc2c(ncn2[C@@H]2O[C@H](CO)C(O)[C@@H]2OC(=S)N2CCS(=O)(=O)CC2)c(=O)[nH]1.CC(C)N(C(C)C)P(Cl)OCCC#N.CN1CCOCC1.CN1CCOCC1.COc1ccc(C(Cl)(c2ccccc2)c2ccc(OC)cc2)cc1.COc1ccc(C(OC[C@H]2O[C@@H](n3cnc4c(=O)[nH]c(NC(=O)C(C)C)nc43)[C@@H](OC(=S)N3CCS(=O)(=O)CC3)C2O)(c2ccccc2)c2ccc(OC)cc2)cc1. The number of anilines is 2. The van der Waals surface area contributed by atoms with Crippen LogP contribution in [0.1, 0.15) is 108 Å². The lowest BCUT2D eigenvalue weighted by molar-refractivity contribution is -0.119. The Balaban J connectivity index is 0.000000193. The summed E-state index contributed by atoms with van der Waals surface area (Å²) in [5.41, 5.74) is 2.80. The van der Waals surface area contributed by atoms with Gasteiger partial charge in [0.1, 0.15) is 57.9 Å². The third kappa shape index (κ3) is 30.2. The maximum Gasteiger partial charge on any atom is 0.280 e. The van der Waals surface area contributed by atoms with E-state index in [0.717, 1.165) is 97.5 Å². The summed E-state index contributed by atoms with van der Waals surface area (Å²) in [6.07, 6.45) is -6.44. The van der Waals surface area contributed by atoms with E-state index >= 15 is 0 Å². The average molecular weight is 2140 g/mol. The number of carbonyl (C=O) groups is 2. The molecule has 6 saturated heterocycles. The van der Waals surface area contributed by atoms with Gasteiger partial charge in [0.2, 0.25) is 31.4 Å². The molecule has 2 amide bonds. The number of nitriles is 1. The monoisotopic (exact) mass is 2140 g/mol. The van der Waals surface area contributed by atoms with E-state index in [0.29, 0.717) is 36.6 Å². The summed E-state index contributed by atoms with van der Waals surface area (Å²) in [5, 5.41) is 46.0. The number of hydrogen-bond donors (Lipinski definition) is 7. The zero-order valence-electron chi connectivity index (χ0n) is 83.4. The van der Waals surface area contributed by atoms with Gasteiger partial charge >= 0.3 is 0 Å². The maximum absolute atomic E-state index is 13.2. The zero-order valence-corrected chi connectivity index (χ0v) is 89.1. The van der Waals surface area contributed by atoms with Gasteiger partial charge in [0.05, 0.1) is 123 Å². The van der Waals surface area contributed by atoms with E-state index in [1.54, 1.807) is 65.9 Å². The first-order chi connectivity index (χ1) is 69.3. The number of hydrogen-bond acceptors (Lipinski definition) is 33. The number of alkyl halides is 1. The van der Waals surface area contributed by atoms with E-state index in [9.17, 15) is 51.3 Å². The van der Waals surface area contributed by atoms with Gasteiger partial charge in [0, 0.05) is 76.3 Å². The zero-order chi connectivity index (χ0) is 105. The molecule has 6 aromatic carbocycles. The van der Waals surface area contributed by atoms with Gasteiger partial charge in [0.15, 0.2) is 66.7 Å². The lowest BCUT2D eigenvalue weighted by atomic mass is 9.80. The number of aliphatic hydroxyl groups excluding tert-OH is 3. The third-order valence-electron chi connectivity index (χ3n) is 24.3. The Morgan fingerprint density at radius 1 is 0.545 bits per heavy atom. The molecular weight excluding hydrogens is 2010 g/mol. The Kier molecular flexibility index (Phi) is 42.6. The molecule has 16 rings (SSSR count). The number of benzene rings is 6. The molecular formula is C99H129Cl2N16O23PS4. The molecule has 6 aliphatic rings. The third-order valence-corrected chi connectivity index (χ3v) is 31.4. The highest BCUT2D eigenvalue weighted by molar-refractivity contribution is 7.91. The highest BCUT2D eigenvalue weighted by Crippen LogP contribution is 2.50. The fourth-order valence-electron chi connectivity index (χ4n) is 16.1. The van der Waals surface area contributed by atoms with E-state index in [1.165, 1.54) is 21.8 Å². The number of sulfone groups is 2. The molecule has 0 spiro atoms. The van der Waals surface area contributed by atoms with Gasteiger partial charge < -0.3 is 91.5 Å². The standard InChI is InChI=1S/C40H44N6O10S2.C21H19ClO2.C19H26N6O8S2.C9H18ClN2OP.2C5H11NO/c1-24(2)35(48)43-38-42-34-31(36(49)44-38)41-23-46(34)37-33(56-39(57)45-18-20-58(50,51)21-19-45)32(47)30(55-37)22-54-40(25-8-6-5-7-9-25,26-10-14-28(52-3)15-11-26)27-12-16-29(53-4)17-13-27;1-23-19-12-8-17(9-13-19)21(22,16-6-4-3-5-7-16)18-10-14-20(24-2)15-11-18;1-9(2)15(28)22-18-21-14-11(16(29)23-18)20-8-25(14)17-13(12(27)10(7-26)32-17)33-19(34)24-3-5-35(30,31)6-4-24;1-8(2)12(9(3)4)14(10)13-7-5-6-11;2*1-6-2-4-7-5-3-6/h5-17,23-24,30,32-33,37,47H,18-22H2,1-4H3,(H2,42,43,44,48,49);3-15H,1-2H3;8-10,12-13,17,26-27H,3-7H2,1-2H3,(H2,21,22,23,28,29);8-9H,5,7H2,1-4H3;2*2-5H2,1H3/t30-,32?,33+,37-;;10-,12?,13+,17-;;;/m1.1.../s1. The number of nitrogens with zero attached hydrogens (tertiary/aromatic N) is 12. The van der Waals surface area contributed by atoms with Crippen LogP contribution in [0.5, 0.6) is 23.0 Å². The summed E-state index contributed by atoms with van der Waals surface area (Å²) >= 11 is 24.4. The van der Waals surface area contributed by atoms with Gasteiger partial charge in [-0.2, -0.15) is 15.2 Å². The van der Waals surface area contributed by atoms with Crippen molar-refractivity contribution in [3.05, 3.63) is 224 Å². The Hall–Kier alpha value is -10.5. The summed E-state index contributed by atoms with van der Waals surface area (Å²) in [6, 6.07) is 53.1. The first-order valence-electron chi connectivity index (χ1n) is 47.3. The number of morpholine rings is 2. The number of amides is 2. The van der Waals surface area contributed by atoms with Gasteiger partial charge in [-0.3, -0.25) is 48.9 Å². The van der Waals surface area contributed by atoms with Crippen molar-refractivity contribution in [1.29, 1.82) is 5.26 Å². The summed E-state index contributed by atoms with van der Waals surface area (Å²) in [7, 11) is 3.26. The minimum atomic E-state index is -3.23. The summed E-state index contributed by atoms with van der Waals surface area (Å²) in [5.74, 6) is 0.841. The fraction of sp³-hybridized carbons (Fsp3) is 0.485. The van der Waals surface area contributed by atoms with E-state index in [-0.39, 0.29) is 118 Å². The highest BCUT2D eigenvalue weighted by Gasteiger charge is 2.52. The number of fused-ring (bicyclic) bond motifs is 2. The van der Waals surface area contributed by atoms with Gasteiger partial charge in [-0.05, 0) is 159 Å². The number of aromatic nitrogens is 8. The average Bonchev–Trinajstić information content (AvgIpc) is 1.69. The quantitative estimate of drug-likeness (QED) is 0.00787. The molecule has 6 aliphatic heterocycles. The van der Waals surface area contributed by atoms with Crippen molar-refractivity contribution in [2.75, 3.05) is 175 Å². The molecule has 6 fully saturated rings. The van der Waals surface area contributed by atoms with Crippen LogP contribution in [0.3, 0.4) is 0 Å². The molecule has 7 N–H and O–H groups in total. The van der Waals surface area contributed by atoms with E-state index in [2.05, 4.69) is 96.8 Å². The number of imidazole rings is 2. The Morgan fingerprint density at radius 3 is 1.21 bits per heavy atom. The van der Waals surface area contributed by atoms with Gasteiger partial charge in [-0.1, -0.05) is 137 Å². The molecule has 39 nitrogen and oxygen atoms in total. The first kappa shape index (κ1) is 115. The minimum absolute atomic E-state index is 0.0312. The molecule has 10 aromatic rings. The number of aliphatic hydroxyl groups is 3. The number of rotatable bonds is 28. The molecule has 145 heavy (non-hydrogen) atoms. The van der Waals surface area contributed by atoms with Crippen LogP contribution in [-0.4, -0.2) is 330 Å². The summed E-state index contributed by atoms with van der Waals surface area (Å²) in [4.78, 5) is 79.4. The van der Waals surface area contributed by atoms with E-state index < -0.39 is 111 Å². The molecule has 3 unspecified atom stereocenters. The van der Waals surface area contributed by atoms with Gasteiger partial charge in [-0.25, -0.2) is 31.5 Å². The van der Waals surface area contributed by atoms with Crippen molar-refractivity contribution < 1.29 is 98.4 Å². The van der Waals surface area contributed by atoms with Crippen molar-refractivity contribution in [2.24, 2.45) is 11.8 Å². The second-order valence-electron chi connectivity index (χ2n) is 35.7. The van der Waals surface area contributed by atoms with Crippen LogP contribution in [0.25, 0.3) is 22.3 Å². The van der Waals surface area contributed by atoms with Crippen molar-refractivity contribution in [3.8, 4) is 29.1 Å². The Labute approximate surface area is 865 Å². The van der Waals surface area contributed by atoms with Crippen LogP contribution in [0.4, 0.5) is 11.9 Å². The molecule has 46 heteroatoms. The lowest BCUT2D eigenvalue weighted by Gasteiger charge is -2.37. The highest BCUT2D eigenvalue weighted by atomic mass is 35.7. The predicted molar refractivity (Wildman–Crippen MR) is 560 cm³/mol. The number of halogens is 2. The number of thiocarbonyl (C=S) groups is 2. The maximum atomic E-state index is 13.2. The smallest absolute Gasteiger partial charge is 0.280 e. The van der Waals surface area contributed by atoms with Gasteiger partial charge in [-0.15, -0.1) is 11.6 Å². The molecule has 4 aromatic heterocycles. The fourth-order valence-corrected chi connectivity index (χ4v) is 21.8. The van der Waals surface area contributed by atoms with Crippen LogP contribution in [-0.2, 0) is 77.4 Å². The molecule has 786 valence electrons. The van der Waals surface area contributed by atoms with Gasteiger partial charge in [0.25, 0.3) is 21.5 Å². The second kappa shape index (κ2) is 53.9. The minimum Gasteiger partial charge on any atom is -0.497 e. The predicted octanol–water partition coefficient (Wildman–Crippen LogP) is 10.4. The number of aromatic amines is 2. The van der Waals surface area contributed by atoms with Crippen LogP contribution in [0.15, 0.2) is 180 Å². The van der Waals surface area contributed by atoms with Crippen LogP contribution >= 0.6 is 54.9 Å². The summed E-state index contributed by atoms with van der Waals surface area (Å²) < 4.78 is 121. The molecule has 10 heterocycles. The molecule has 0 bridgehead atoms. The van der Waals surface area contributed by atoms with Crippen molar-refractivity contribution in [1.82, 2.24) is 63.3 Å². The topological polar surface area (TPSA) is 465 Å². The van der Waals surface area contributed by atoms with Crippen LogP contribution < -0.4 is 40.7 Å². The normalized spacial score (nSPS) is 20.2. The number of methoxy groups -OCH3 is 4. The van der Waals surface area contributed by atoms with E-state index in [1.807, 2.05) is 164 Å². The van der Waals surface area contributed by atoms with Crippen molar-refractivity contribution in [2.45, 2.75) is 133 Å². The van der Waals surface area contributed by atoms with Crippen molar-refractivity contribution in [3.63, 3.8) is 0 Å². The lowest BCUT2D eigenvalue weighted by Crippen LogP contribution is -2.47. The van der Waals surface area contributed by atoms with E-state index in [4.69, 9.17) is 109 Å². The molecule has 9 atom stereocenters. The first-order valence-corrected chi connectivity index (χ1v) is 54.2. The number of H-pyrrole nitrogens is 2.